The Morgan fingerprint density at radius 2 is 1.76 bits per heavy atom. The largest absolute Gasteiger partial charge is 0.481 e. The van der Waals surface area contributed by atoms with Gasteiger partial charge in [-0.1, -0.05) is 25.9 Å². The summed E-state index contributed by atoms with van der Waals surface area (Å²) in [5.41, 5.74) is 0.443. The number of hydrogen-bond acceptors (Lipinski definition) is 4. The number of carboxylic acids is 1. The highest BCUT2D eigenvalue weighted by atomic mass is 16.4. The number of fused-ring (bicyclic) bond motifs is 5. The molecule has 3 unspecified atom stereocenters. The molecule has 29 heavy (non-hydrogen) atoms. The third-order valence-electron chi connectivity index (χ3n) is 10.4. The van der Waals surface area contributed by atoms with Crippen molar-refractivity contribution in [1.82, 2.24) is 0 Å². The van der Waals surface area contributed by atoms with Gasteiger partial charge in [-0.15, -0.1) is 0 Å². The minimum atomic E-state index is -0.698. The first kappa shape index (κ1) is 21.3. The fourth-order valence-corrected chi connectivity index (χ4v) is 8.84. The fraction of sp³-hybridized carbons (Fsp3) is 0.958. The number of carboxylic acid groups (broad SMARTS) is 1. The Labute approximate surface area is 175 Å². The number of nitrogens with zero attached hydrogens (tertiary/aromatic N) is 1. The lowest BCUT2D eigenvalue weighted by Gasteiger charge is -2.62. The molecule has 0 bridgehead atoms. The van der Waals surface area contributed by atoms with Gasteiger partial charge >= 0.3 is 5.97 Å². The van der Waals surface area contributed by atoms with Gasteiger partial charge in [-0.05, 0) is 104 Å². The molecule has 0 saturated heterocycles. The van der Waals surface area contributed by atoms with Crippen LogP contribution >= 0.6 is 0 Å². The Morgan fingerprint density at radius 1 is 1.07 bits per heavy atom. The first-order valence-electron chi connectivity index (χ1n) is 11.9. The molecule has 5 nitrogen and oxygen atoms in total. The lowest BCUT2D eigenvalue weighted by molar-refractivity contribution is -0.139. The van der Waals surface area contributed by atoms with E-state index in [0.29, 0.717) is 35.5 Å². The third kappa shape index (κ3) is 3.36. The van der Waals surface area contributed by atoms with Crippen molar-refractivity contribution >= 4 is 5.97 Å². The van der Waals surface area contributed by atoms with E-state index in [1.165, 1.54) is 6.42 Å². The zero-order valence-corrected chi connectivity index (χ0v) is 18.3. The van der Waals surface area contributed by atoms with Crippen LogP contribution in [0.3, 0.4) is 0 Å². The van der Waals surface area contributed by atoms with Crippen LogP contribution in [0, 0.1) is 51.2 Å². The second-order valence-electron chi connectivity index (χ2n) is 11.5. The highest BCUT2D eigenvalue weighted by Gasteiger charge is 2.63. The number of aliphatic hydroxyl groups excluding tert-OH is 1. The molecule has 2 N–H and O–H groups in total. The molecular formula is C24H39NO4. The van der Waals surface area contributed by atoms with Crippen LogP contribution in [0.1, 0.15) is 85.0 Å². The van der Waals surface area contributed by atoms with E-state index in [1.54, 1.807) is 0 Å². The lowest BCUT2D eigenvalue weighted by Crippen LogP contribution is -2.58. The molecule has 4 saturated carbocycles. The van der Waals surface area contributed by atoms with E-state index in [4.69, 9.17) is 5.11 Å². The van der Waals surface area contributed by atoms with E-state index in [0.717, 1.165) is 51.4 Å². The van der Waals surface area contributed by atoms with Crippen molar-refractivity contribution in [2.24, 2.45) is 51.5 Å². The van der Waals surface area contributed by atoms with Gasteiger partial charge in [-0.25, -0.2) is 0 Å². The molecule has 0 aromatic rings. The quantitative estimate of drug-likeness (QED) is 0.611. The van der Waals surface area contributed by atoms with Crippen molar-refractivity contribution < 1.29 is 15.0 Å². The fourth-order valence-electron chi connectivity index (χ4n) is 8.84. The number of aliphatic hydroxyl groups is 1. The summed E-state index contributed by atoms with van der Waals surface area (Å²) in [5.74, 6) is 2.14. The van der Waals surface area contributed by atoms with E-state index < -0.39 is 5.97 Å². The van der Waals surface area contributed by atoms with E-state index in [1.807, 2.05) is 0 Å². The van der Waals surface area contributed by atoms with E-state index >= 15 is 0 Å². The maximum absolute atomic E-state index is 12.0. The molecule has 0 aromatic heterocycles. The third-order valence-corrected chi connectivity index (χ3v) is 10.4. The summed E-state index contributed by atoms with van der Waals surface area (Å²) < 4.78 is 0. The zero-order valence-electron chi connectivity index (χ0n) is 18.3. The Bertz CT molecular complexity index is 653. The van der Waals surface area contributed by atoms with Crippen LogP contribution in [0.4, 0.5) is 0 Å². The van der Waals surface area contributed by atoms with E-state index in [9.17, 15) is 14.8 Å². The van der Waals surface area contributed by atoms with E-state index in [2.05, 4.69) is 25.9 Å². The molecule has 0 heterocycles. The molecule has 0 radical (unpaired) electrons. The Morgan fingerprint density at radius 3 is 2.45 bits per heavy atom. The summed E-state index contributed by atoms with van der Waals surface area (Å²) in [5, 5.41) is 23.0. The van der Waals surface area contributed by atoms with Gasteiger partial charge in [0.1, 0.15) is 0 Å². The molecule has 0 spiro atoms. The smallest absolute Gasteiger partial charge is 0.303 e. The van der Waals surface area contributed by atoms with Gasteiger partial charge in [0, 0.05) is 6.42 Å². The summed E-state index contributed by atoms with van der Waals surface area (Å²) in [7, 11) is 0. The van der Waals surface area contributed by atoms with Crippen molar-refractivity contribution in [2.45, 2.75) is 97.1 Å². The van der Waals surface area contributed by atoms with Gasteiger partial charge in [0.15, 0.2) is 0 Å². The van der Waals surface area contributed by atoms with Crippen LogP contribution < -0.4 is 0 Å². The number of carbonyl (C=O) groups is 1. The molecule has 4 aliphatic rings. The molecule has 0 aliphatic heterocycles. The van der Waals surface area contributed by atoms with Crippen molar-refractivity contribution in [3.63, 3.8) is 0 Å². The standard InChI is InChI=1S/C24H39NO4/c1-14(4-7-21(27)28)17-5-6-18-22-19(9-11-24(17,18)3)23(2)10-8-16(26)12-15(23)13-20(22)25-29/h14-20,22,26H,4-13H2,1-3H3,(H,27,28)/t14-,15?,16?,17-,18+,19+,20?,22+,23+,24-/m1/s1. The van der Waals surface area contributed by atoms with Gasteiger partial charge in [-0.2, -0.15) is 4.91 Å². The minimum Gasteiger partial charge on any atom is -0.481 e. The molecule has 5 heteroatoms. The molecule has 10 atom stereocenters. The predicted molar refractivity (Wildman–Crippen MR) is 112 cm³/mol. The van der Waals surface area contributed by atoms with E-state index in [-0.39, 0.29) is 29.4 Å². The van der Waals surface area contributed by atoms with Gasteiger partial charge in [0.25, 0.3) is 0 Å². The summed E-state index contributed by atoms with van der Waals surface area (Å²) >= 11 is 0. The van der Waals surface area contributed by atoms with Crippen molar-refractivity contribution in [3.8, 4) is 0 Å². The van der Waals surface area contributed by atoms with Crippen molar-refractivity contribution in [2.75, 3.05) is 0 Å². The topological polar surface area (TPSA) is 87.0 Å². The molecule has 0 amide bonds. The first-order valence-corrected chi connectivity index (χ1v) is 11.9. The average Bonchev–Trinajstić information content (AvgIpc) is 3.03. The lowest BCUT2D eigenvalue weighted by atomic mass is 9.43. The Balaban J connectivity index is 1.59. The number of rotatable bonds is 5. The second-order valence-corrected chi connectivity index (χ2v) is 11.5. The molecule has 4 rings (SSSR count). The van der Waals surface area contributed by atoms with Gasteiger partial charge in [-0.3, -0.25) is 4.79 Å². The van der Waals surface area contributed by atoms with Crippen LogP contribution in [0.2, 0.25) is 0 Å². The predicted octanol–water partition coefficient (Wildman–Crippen LogP) is 5.25. The van der Waals surface area contributed by atoms with Gasteiger partial charge in [0.2, 0.25) is 0 Å². The first-order chi connectivity index (χ1) is 13.7. The summed E-state index contributed by atoms with van der Waals surface area (Å²) in [6, 6.07) is -0.110. The monoisotopic (exact) mass is 405 g/mol. The van der Waals surface area contributed by atoms with Crippen molar-refractivity contribution in [1.29, 1.82) is 0 Å². The van der Waals surface area contributed by atoms with Gasteiger partial charge in [0.05, 0.1) is 12.1 Å². The highest BCUT2D eigenvalue weighted by Crippen LogP contribution is 2.68. The average molecular weight is 406 g/mol. The summed E-state index contributed by atoms with van der Waals surface area (Å²) in [6.07, 6.45) is 9.13. The number of nitroso groups, excluding NO2 is 1. The molecule has 0 aromatic carbocycles. The zero-order chi connectivity index (χ0) is 21.0. The SMILES string of the molecule is C[C@H](CCC(=O)O)[C@H]1CC[C@H]2[C@@H]3C(N=O)CC4CC(O)CC[C@]4(C)[C@H]3CC[C@]12C. The summed E-state index contributed by atoms with van der Waals surface area (Å²) in [4.78, 5) is 23.1. The van der Waals surface area contributed by atoms with Crippen LogP contribution in [0.5, 0.6) is 0 Å². The van der Waals surface area contributed by atoms with Gasteiger partial charge < -0.3 is 10.2 Å². The minimum absolute atomic E-state index is 0.110. The van der Waals surface area contributed by atoms with Crippen LogP contribution in [0.15, 0.2) is 5.18 Å². The molecule has 4 aliphatic carbocycles. The Kier molecular flexibility index (Phi) is 5.59. The second kappa shape index (κ2) is 7.62. The summed E-state index contributed by atoms with van der Waals surface area (Å²) in [6.45, 7) is 7.11. The molecule has 4 fully saturated rings. The normalized spacial score (nSPS) is 50.1. The molecule has 164 valence electrons. The maximum atomic E-state index is 12.0. The highest BCUT2D eigenvalue weighted by molar-refractivity contribution is 5.66. The van der Waals surface area contributed by atoms with Crippen molar-refractivity contribution in [3.05, 3.63) is 4.91 Å². The van der Waals surface area contributed by atoms with Crippen LogP contribution in [0.25, 0.3) is 0 Å². The number of aliphatic carboxylic acids is 1. The molecular weight excluding hydrogens is 366 g/mol. The van der Waals surface area contributed by atoms with Crippen LogP contribution in [-0.4, -0.2) is 28.3 Å². The Hall–Kier alpha value is -0.970. The number of hydrogen-bond donors (Lipinski definition) is 2. The maximum Gasteiger partial charge on any atom is 0.303 e. The van der Waals surface area contributed by atoms with Crippen LogP contribution in [-0.2, 0) is 4.79 Å².